The van der Waals surface area contributed by atoms with Crippen molar-refractivity contribution in [2.75, 3.05) is 19.0 Å². The summed E-state index contributed by atoms with van der Waals surface area (Å²) >= 11 is 1.48. The first-order valence-corrected chi connectivity index (χ1v) is 8.15. The van der Waals surface area contributed by atoms with Gasteiger partial charge in [0.25, 0.3) is 0 Å². The van der Waals surface area contributed by atoms with Gasteiger partial charge < -0.3 is 10.1 Å². The molecule has 2 heterocycles. The predicted molar refractivity (Wildman–Crippen MR) is 84.5 cm³/mol. The molecule has 1 atom stereocenters. The smallest absolute Gasteiger partial charge is 0.230 e. The van der Waals surface area contributed by atoms with Gasteiger partial charge in [-0.05, 0) is 24.3 Å². The number of aromatic nitrogens is 1. The van der Waals surface area contributed by atoms with E-state index in [1.54, 1.807) is 6.20 Å². The van der Waals surface area contributed by atoms with Gasteiger partial charge in [-0.25, -0.2) is 4.98 Å². The number of pyridine rings is 1. The Morgan fingerprint density at radius 3 is 3.14 bits per heavy atom. The second-order valence-electron chi connectivity index (χ2n) is 5.11. The lowest BCUT2D eigenvalue weighted by atomic mass is 10.1. The number of amides is 1. The van der Waals surface area contributed by atoms with E-state index in [1.807, 2.05) is 24.3 Å². The van der Waals surface area contributed by atoms with Crippen molar-refractivity contribution in [3.8, 4) is 0 Å². The Labute approximate surface area is 128 Å². The van der Waals surface area contributed by atoms with Gasteiger partial charge in [-0.1, -0.05) is 36.0 Å². The number of ether oxygens (including phenoxy) is 1. The summed E-state index contributed by atoms with van der Waals surface area (Å²) in [5.41, 5.74) is 0. The molecule has 0 spiro atoms. The molecule has 0 bridgehead atoms. The Hall–Kier alpha value is -1.59. The largest absolute Gasteiger partial charge is 0.379 e. The third-order valence-electron chi connectivity index (χ3n) is 3.50. The molecule has 0 unspecified atom stereocenters. The number of hydrogen-bond acceptors (Lipinski definition) is 4. The van der Waals surface area contributed by atoms with Gasteiger partial charge >= 0.3 is 0 Å². The molecule has 5 heteroatoms. The first-order valence-electron chi connectivity index (χ1n) is 7.16. The molecule has 0 saturated carbocycles. The number of thioether (sulfide) groups is 1. The normalized spacial score (nSPS) is 18.6. The molecule has 4 nitrogen and oxygen atoms in total. The highest BCUT2D eigenvalue weighted by Gasteiger charge is 2.16. The first kappa shape index (κ1) is 14.4. The van der Waals surface area contributed by atoms with Crippen LogP contribution < -0.4 is 5.32 Å². The average Bonchev–Trinajstić information content (AvgIpc) is 2.54. The van der Waals surface area contributed by atoms with Crippen LogP contribution in [0.4, 0.5) is 0 Å². The van der Waals surface area contributed by atoms with Crippen molar-refractivity contribution in [1.29, 1.82) is 0 Å². The summed E-state index contributed by atoms with van der Waals surface area (Å²) in [5, 5.41) is 6.18. The van der Waals surface area contributed by atoms with Gasteiger partial charge in [-0.2, -0.15) is 0 Å². The lowest BCUT2D eigenvalue weighted by Crippen LogP contribution is -2.41. The zero-order valence-electron chi connectivity index (χ0n) is 11.7. The molecule has 1 aliphatic rings. The highest BCUT2D eigenvalue weighted by molar-refractivity contribution is 8.00. The molecular formula is C16H18N2O2S. The molecule has 0 radical (unpaired) electrons. The molecule has 1 aromatic carbocycles. The van der Waals surface area contributed by atoms with E-state index >= 15 is 0 Å². The number of nitrogens with one attached hydrogen (secondary N) is 1. The number of benzene rings is 1. The van der Waals surface area contributed by atoms with Gasteiger partial charge in [0.05, 0.1) is 18.4 Å². The second-order valence-corrected chi connectivity index (χ2v) is 6.07. The summed E-state index contributed by atoms with van der Waals surface area (Å²) in [7, 11) is 0. The molecule has 2 aromatic rings. The van der Waals surface area contributed by atoms with Crippen LogP contribution in [0.5, 0.6) is 0 Å². The summed E-state index contributed by atoms with van der Waals surface area (Å²) in [5.74, 6) is 0.433. The van der Waals surface area contributed by atoms with Crippen LogP contribution in [-0.2, 0) is 9.53 Å². The molecule has 0 aliphatic carbocycles. The molecule has 1 saturated heterocycles. The highest BCUT2D eigenvalue weighted by Crippen LogP contribution is 2.25. The van der Waals surface area contributed by atoms with Gasteiger partial charge in [-0.15, -0.1) is 0 Å². The maximum atomic E-state index is 12.0. The Bertz CT molecular complexity index is 621. The summed E-state index contributed by atoms with van der Waals surface area (Å²) in [6.07, 6.45) is 3.81. The lowest BCUT2D eigenvalue weighted by molar-refractivity contribution is -0.120. The standard InChI is InChI=1S/C16H18N2O2S/c19-15(18-13-5-3-9-20-10-13)11-21-16-14-6-2-1-4-12(14)7-8-17-16/h1-2,4,6-8,13H,3,5,9-11H2,(H,18,19)/t13-/m1/s1. The van der Waals surface area contributed by atoms with Crippen molar-refractivity contribution in [1.82, 2.24) is 10.3 Å². The fourth-order valence-electron chi connectivity index (χ4n) is 2.46. The van der Waals surface area contributed by atoms with Crippen molar-refractivity contribution in [3.05, 3.63) is 36.5 Å². The second kappa shape index (κ2) is 6.91. The fourth-order valence-corrected chi connectivity index (χ4v) is 3.29. The highest BCUT2D eigenvalue weighted by atomic mass is 32.2. The summed E-state index contributed by atoms with van der Waals surface area (Å²) < 4.78 is 5.37. The Balaban J connectivity index is 1.59. The fraction of sp³-hybridized carbons (Fsp3) is 0.375. The zero-order chi connectivity index (χ0) is 14.5. The van der Waals surface area contributed by atoms with Crippen molar-refractivity contribution in [3.63, 3.8) is 0 Å². The van der Waals surface area contributed by atoms with Gasteiger partial charge in [0.1, 0.15) is 5.03 Å². The molecule has 3 rings (SSSR count). The van der Waals surface area contributed by atoms with Crippen LogP contribution in [0, 0.1) is 0 Å². The summed E-state index contributed by atoms with van der Waals surface area (Å²) in [6, 6.07) is 10.2. The van der Waals surface area contributed by atoms with E-state index in [1.165, 1.54) is 11.8 Å². The molecule has 1 aliphatic heterocycles. The van der Waals surface area contributed by atoms with Gasteiger partial charge in [-0.3, -0.25) is 4.79 Å². The monoisotopic (exact) mass is 302 g/mol. The SMILES string of the molecule is O=C(CSc1nccc2ccccc12)N[C@@H]1CCCOC1. The molecular weight excluding hydrogens is 284 g/mol. The Morgan fingerprint density at radius 1 is 1.38 bits per heavy atom. The third-order valence-corrected chi connectivity index (χ3v) is 4.51. The molecule has 1 aromatic heterocycles. The molecule has 1 N–H and O–H groups in total. The number of fused-ring (bicyclic) bond motifs is 1. The van der Waals surface area contributed by atoms with Gasteiger partial charge in [0.15, 0.2) is 0 Å². The van der Waals surface area contributed by atoms with Gasteiger partial charge in [0, 0.05) is 18.2 Å². The van der Waals surface area contributed by atoms with Crippen LogP contribution in [0.1, 0.15) is 12.8 Å². The topological polar surface area (TPSA) is 51.2 Å². The van der Waals surface area contributed by atoms with Gasteiger partial charge in [0.2, 0.25) is 5.91 Å². The van der Waals surface area contributed by atoms with E-state index in [-0.39, 0.29) is 11.9 Å². The number of rotatable bonds is 4. The Morgan fingerprint density at radius 2 is 2.29 bits per heavy atom. The minimum atomic E-state index is 0.0465. The number of carbonyl (C=O) groups excluding carboxylic acids is 1. The first-order chi connectivity index (χ1) is 10.3. The van der Waals surface area contributed by atoms with Crippen LogP contribution in [-0.4, -0.2) is 35.9 Å². The van der Waals surface area contributed by atoms with Crippen molar-refractivity contribution in [2.24, 2.45) is 0 Å². The van der Waals surface area contributed by atoms with E-state index in [0.29, 0.717) is 12.4 Å². The van der Waals surface area contributed by atoms with E-state index in [9.17, 15) is 4.79 Å². The van der Waals surface area contributed by atoms with Crippen LogP contribution in [0.25, 0.3) is 10.8 Å². The minimum absolute atomic E-state index is 0.0465. The summed E-state index contributed by atoms with van der Waals surface area (Å²) in [6.45, 7) is 1.43. The maximum absolute atomic E-state index is 12.0. The van der Waals surface area contributed by atoms with Crippen LogP contribution in [0.2, 0.25) is 0 Å². The average molecular weight is 302 g/mol. The van der Waals surface area contributed by atoms with E-state index in [2.05, 4.69) is 16.4 Å². The predicted octanol–water partition coefficient (Wildman–Crippen LogP) is 2.62. The quantitative estimate of drug-likeness (QED) is 0.882. The Kier molecular flexibility index (Phi) is 4.72. The molecule has 1 fully saturated rings. The minimum Gasteiger partial charge on any atom is -0.379 e. The van der Waals surface area contributed by atoms with Crippen LogP contribution >= 0.6 is 11.8 Å². The number of hydrogen-bond donors (Lipinski definition) is 1. The summed E-state index contributed by atoms with van der Waals surface area (Å²) in [4.78, 5) is 16.4. The van der Waals surface area contributed by atoms with Crippen molar-refractivity contribution in [2.45, 2.75) is 23.9 Å². The number of nitrogens with zero attached hydrogens (tertiary/aromatic N) is 1. The van der Waals surface area contributed by atoms with E-state index < -0.39 is 0 Å². The van der Waals surface area contributed by atoms with Crippen LogP contribution in [0.3, 0.4) is 0 Å². The maximum Gasteiger partial charge on any atom is 0.230 e. The molecule has 1 amide bonds. The lowest BCUT2D eigenvalue weighted by Gasteiger charge is -2.23. The number of carbonyl (C=O) groups is 1. The third kappa shape index (κ3) is 3.74. The van der Waals surface area contributed by atoms with E-state index in [0.717, 1.165) is 35.2 Å². The zero-order valence-corrected chi connectivity index (χ0v) is 12.6. The van der Waals surface area contributed by atoms with E-state index in [4.69, 9.17) is 4.74 Å². The van der Waals surface area contributed by atoms with Crippen LogP contribution in [0.15, 0.2) is 41.6 Å². The van der Waals surface area contributed by atoms with Crippen molar-refractivity contribution < 1.29 is 9.53 Å². The molecule has 110 valence electrons. The molecule has 21 heavy (non-hydrogen) atoms. The van der Waals surface area contributed by atoms with Crippen molar-refractivity contribution >= 4 is 28.4 Å².